The van der Waals surface area contributed by atoms with Crippen LogP contribution in [-0.4, -0.2) is 30.9 Å². The Balaban J connectivity index is 2.10. The Hall–Kier alpha value is -1.55. The van der Waals surface area contributed by atoms with Gasteiger partial charge in [-0.25, -0.2) is 0 Å². The van der Waals surface area contributed by atoms with Crippen molar-refractivity contribution in [3.63, 3.8) is 0 Å². The molecule has 1 N–H and O–H groups in total. The van der Waals surface area contributed by atoms with Gasteiger partial charge in [-0.2, -0.15) is 0 Å². The fourth-order valence-corrected chi connectivity index (χ4v) is 1.40. The van der Waals surface area contributed by atoms with Gasteiger partial charge in [-0.15, -0.1) is 0 Å². The van der Waals surface area contributed by atoms with E-state index < -0.39 is 6.10 Å². The van der Waals surface area contributed by atoms with Crippen molar-refractivity contribution in [1.29, 1.82) is 0 Å². The van der Waals surface area contributed by atoms with Gasteiger partial charge in [0.15, 0.2) is 0 Å². The van der Waals surface area contributed by atoms with Gasteiger partial charge in [-0.3, -0.25) is 4.79 Å². The molecule has 0 fully saturated rings. The molecule has 1 rings (SSSR count). The number of ether oxygens (including phenoxy) is 2. The minimum Gasteiger partial charge on any atom is -0.494 e. The van der Waals surface area contributed by atoms with Crippen LogP contribution in [0.2, 0.25) is 0 Å². The fraction of sp³-hybridized carbons (Fsp3) is 0.462. The number of carbonyl (C=O) groups excluding carboxylic acids is 1. The third-order valence-electron chi connectivity index (χ3n) is 2.32. The molecule has 0 saturated carbocycles. The highest BCUT2D eigenvalue weighted by Gasteiger charge is 2.10. The number of rotatable bonds is 7. The van der Waals surface area contributed by atoms with Crippen molar-refractivity contribution in [3.05, 3.63) is 30.3 Å². The maximum Gasteiger partial charge on any atom is 0.308 e. The quantitative estimate of drug-likeness (QED) is 0.581. The highest BCUT2D eigenvalue weighted by Crippen LogP contribution is 2.10. The van der Waals surface area contributed by atoms with Crippen molar-refractivity contribution in [3.8, 4) is 5.75 Å². The first-order chi connectivity index (χ1) is 8.22. The second-order valence-electron chi connectivity index (χ2n) is 3.74. The van der Waals surface area contributed by atoms with E-state index in [1.807, 2.05) is 30.3 Å². The van der Waals surface area contributed by atoms with Crippen molar-refractivity contribution in [2.24, 2.45) is 0 Å². The number of benzene rings is 1. The number of aliphatic hydroxyl groups is 1. The van der Waals surface area contributed by atoms with Gasteiger partial charge >= 0.3 is 5.97 Å². The molecular weight excluding hydrogens is 220 g/mol. The zero-order valence-electron chi connectivity index (χ0n) is 9.96. The summed E-state index contributed by atoms with van der Waals surface area (Å²) in [7, 11) is 1.31. The predicted molar refractivity (Wildman–Crippen MR) is 63.8 cm³/mol. The maximum absolute atomic E-state index is 10.9. The van der Waals surface area contributed by atoms with Gasteiger partial charge in [0.05, 0.1) is 26.2 Å². The lowest BCUT2D eigenvalue weighted by Gasteiger charge is -2.09. The molecule has 0 aliphatic heterocycles. The largest absolute Gasteiger partial charge is 0.494 e. The van der Waals surface area contributed by atoms with Gasteiger partial charge in [-0.05, 0) is 25.0 Å². The lowest BCUT2D eigenvalue weighted by molar-refractivity contribution is -0.142. The number of carbonyl (C=O) groups is 1. The van der Waals surface area contributed by atoms with E-state index in [1.165, 1.54) is 7.11 Å². The first-order valence-corrected chi connectivity index (χ1v) is 5.65. The van der Waals surface area contributed by atoms with Crippen molar-refractivity contribution >= 4 is 5.97 Å². The Labute approximate surface area is 101 Å². The zero-order chi connectivity index (χ0) is 12.5. The number of hydrogen-bond acceptors (Lipinski definition) is 4. The lowest BCUT2D eigenvalue weighted by atomic mass is 10.1. The number of aliphatic hydroxyl groups excluding tert-OH is 1. The zero-order valence-corrected chi connectivity index (χ0v) is 9.96. The highest BCUT2D eigenvalue weighted by atomic mass is 16.5. The van der Waals surface area contributed by atoms with Crippen LogP contribution in [0.3, 0.4) is 0 Å². The van der Waals surface area contributed by atoms with Crippen molar-refractivity contribution in [2.75, 3.05) is 13.7 Å². The van der Waals surface area contributed by atoms with E-state index in [4.69, 9.17) is 4.74 Å². The Morgan fingerprint density at radius 2 is 2.06 bits per heavy atom. The molecule has 94 valence electrons. The molecule has 0 heterocycles. The minimum absolute atomic E-state index is 0.0435. The summed E-state index contributed by atoms with van der Waals surface area (Å²) >= 11 is 0. The highest BCUT2D eigenvalue weighted by molar-refractivity contribution is 5.69. The average Bonchev–Trinajstić information content (AvgIpc) is 2.36. The van der Waals surface area contributed by atoms with Crippen molar-refractivity contribution < 1.29 is 19.4 Å². The first-order valence-electron chi connectivity index (χ1n) is 5.65. The lowest BCUT2D eigenvalue weighted by Crippen LogP contribution is -2.15. The number of hydrogen-bond donors (Lipinski definition) is 1. The smallest absolute Gasteiger partial charge is 0.308 e. The predicted octanol–water partition coefficient (Wildman–Crippen LogP) is 1.77. The molecule has 0 radical (unpaired) electrons. The van der Waals surface area contributed by atoms with E-state index in [0.717, 1.165) is 5.75 Å². The van der Waals surface area contributed by atoms with Gasteiger partial charge in [-0.1, -0.05) is 18.2 Å². The molecule has 0 bridgehead atoms. The van der Waals surface area contributed by atoms with E-state index in [1.54, 1.807) is 0 Å². The maximum atomic E-state index is 10.9. The summed E-state index contributed by atoms with van der Waals surface area (Å²) in [6.07, 6.45) is 0.624. The molecule has 1 aromatic rings. The molecule has 4 heteroatoms. The minimum atomic E-state index is -0.651. The molecule has 0 saturated heterocycles. The molecule has 0 amide bonds. The second-order valence-corrected chi connectivity index (χ2v) is 3.74. The van der Waals surface area contributed by atoms with Crippen LogP contribution in [-0.2, 0) is 9.53 Å². The van der Waals surface area contributed by atoms with Crippen LogP contribution in [0.4, 0.5) is 0 Å². The molecule has 1 unspecified atom stereocenters. The topological polar surface area (TPSA) is 55.8 Å². The van der Waals surface area contributed by atoms with Crippen LogP contribution in [0.1, 0.15) is 19.3 Å². The Bertz CT molecular complexity index is 323. The average molecular weight is 238 g/mol. The molecule has 1 atom stereocenters. The molecule has 4 nitrogen and oxygen atoms in total. The third kappa shape index (κ3) is 5.92. The summed E-state index contributed by atoms with van der Waals surface area (Å²) in [4.78, 5) is 10.9. The van der Waals surface area contributed by atoms with Gasteiger partial charge in [0.2, 0.25) is 0 Å². The Kier molecular flexibility index (Phi) is 6.10. The van der Waals surface area contributed by atoms with E-state index in [9.17, 15) is 9.90 Å². The summed E-state index contributed by atoms with van der Waals surface area (Å²) in [6.45, 7) is 0.530. The van der Waals surface area contributed by atoms with Gasteiger partial charge in [0.1, 0.15) is 5.75 Å². The normalized spacial score (nSPS) is 11.9. The molecular formula is C13H18O4. The summed E-state index contributed by atoms with van der Waals surface area (Å²) in [5.41, 5.74) is 0. The number of methoxy groups -OCH3 is 1. The Morgan fingerprint density at radius 3 is 2.71 bits per heavy atom. The summed E-state index contributed by atoms with van der Waals surface area (Å²) in [5, 5.41) is 9.49. The third-order valence-corrected chi connectivity index (χ3v) is 2.32. The van der Waals surface area contributed by atoms with Gasteiger partial charge in [0.25, 0.3) is 0 Å². The standard InChI is InChI=1S/C13H18O4/c1-16-13(15)10-11(14)6-5-9-17-12-7-3-2-4-8-12/h2-4,7-8,11,14H,5-6,9-10H2,1H3. The van der Waals surface area contributed by atoms with Crippen LogP contribution in [0, 0.1) is 0 Å². The fourth-order valence-electron chi connectivity index (χ4n) is 1.40. The summed E-state index contributed by atoms with van der Waals surface area (Å²) in [5.74, 6) is 0.427. The summed E-state index contributed by atoms with van der Waals surface area (Å²) in [6, 6.07) is 9.49. The molecule has 0 spiro atoms. The van der Waals surface area contributed by atoms with E-state index in [0.29, 0.717) is 19.4 Å². The van der Waals surface area contributed by atoms with Gasteiger partial charge < -0.3 is 14.6 Å². The van der Waals surface area contributed by atoms with E-state index >= 15 is 0 Å². The second kappa shape index (κ2) is 7.68. The van der Waals surface area contributed by atoms with Crippen LogP contribution >= 0.6 is 0 Å². The molecule has 1 aromatic carbocycles. The molecule has 0 aliphatic carbocycles. The number of para-hydroxylation sites is 1. The van der Waals surface area contributed by atoms with Crippen molar-refractivity contribution in [2.45, 2.75) is 25.4 Å². The van der Waals surface area contributed by atoms with Crippen LogP contribution in [0.15, 0.2) is 30.3 Å². The monoisotopic (exact) mass is 238 g/mol. The summed E-state index contributed by atoms with van der Waals surface area (Å²) < 4.78 is 9.93. The molecule has 0 aliphatic rings. The first kappa shape index (κ1) is 13.5. The molecule has 0 aromatic heterocycles. The van der Waals surface area contributed by atoms with Crippen molar-refractivity contribution in [1.82, 2.24) is 0 Å². The SMILES string of the molecule is COC(=O)CC(O)CCCOc1ccccc1. The van der Waals surface area contributed by atoms with E-state index in [-0.39, 0.29) is 12.4 Å². The molecule has 17 heavy (non-hydrogen) atoms. The van der Waals surface area contributed by atoms with Crippen LogP contribution < -0.4 is 4.74 Å². The Morgan fingerprint density at radius 1 is 1.35 bits per heavy atom. The number of esters is 1. The van der Waals surface area contributed by atoms with Gasteiger partial charge in [0, 0.05) is 0 Å². The van der Waals surface area contributed by atoms with Crippen LogP contribution in [0.25, 0.3) is 0 Å². The van der Waals surface area contributed by atoms with E-state index in [2.05, 4.69) is 4.74 Å². The van der Waals surface area contributed by atoms with Crippen LogP contribution in [0.5, 0.6) is 5.75 Å².